The molecule has 2 N–H and O–H groups in total. The smallest absolute Gasteiger partial charge is 0.325 e. The number of likely N-dealkylation sites (tertiary alicyclic amines) is 1. The Bertz CT molecular complexity index is 1310. The summed E-state index contributed by atoms with van der Waals surface area (Å²) in [5.74, 6) is 1.32. The number of rotatable bonds is 6. The normalized spacial score (nSPS) is 20.8. The Morgan fingerprint density at radius 3 is 2.56 bits per heavy atom. The Hall–Kier alpha value is -3.88. The van der Waals surface area contributed by atoms with Gasteiger partial charge in [-0.05, 0) is 74.9 Å². The Morgan fingerprint density at radius 1 is 1.14 bits per heavy atom. The molecule has 2 saturated heterocycles. The third-order valence-corrected chi connectivity index (χ3v) is 7.53. The first-order valence-corrected chi connectivity index (χ1v) is 12.3. The zero-order chi connectivity index (χ0) is 25.4. The number of methoxy groups -OCH3 is 1. The molecule has 0 radical (unpaired) electrons. The molecule has 3 aromatic rings. The molecule has 0 aliphatic carbocycles. The number of nitrogens with zero attached hydrogens (tertiary/aromatic N) is 3. The van der Waals surface area contributed by atoms with E-state index in [2.05, 4.69) is 15.3 Å². The number of imide groups is 1. The Labute approximate surface area is 209 Å². The Kier molecular flexibility index (Phi) is 6.15. The lowest BCUT2D eigenvalue weighted by Crippen LogP contribution is -2.54. The van der Waals surface area contributed by atoms with Crippen molar-refractivity contribution in [1.29, 1.82) is 0 Å². The van der Waals surface area contributed by atoms with E-state index in [1.807, 2.05) is 55.1 Å². The van der Waals surface area contributed by atoms with E-state index in [1.54, 1.807) is 13.2 Å². The molecule has 4 amide bonds. The molecule has 3 heterocycles. The first-order valence-electron chi connectivity index (χ1n) is 12.3. The maximum absolute atomic E-state index is 13.4. The number of amides is 4. The highest BCUT2D eigenvalue weighted by Gasteiger charge is 2.52. The van der Waals surface area contributed by atoms with E-state index in [0.717, 1.165) is 28.2 Å². The second-order valence-corrected chi connectivity index (χ2v) is 9.81. The number of hydrogen-bond acceptors (Lipinski definition) is 5. The van der Waals surface area contributed by atoms with E-state index in [0.29, 0.717) is 44.5 Å². The summed E-state index contributed by atoms with van der Waals surface area (Å²) in [5.41, 5.74) is 2.36. The van der Waals surface area contributed by atoms with E-state index in [1.165, 1.54) is 4.90 Å². The molecule has 1 aromatic heterocycles. The molecule has 2 aromatic carbocycles. The number of benzene rings is 2. The zero-order valence-electron chi connectivity index (χ0n) is 20.8. The minimum atomic E-state index is -0.960. The summed E-state index contributed by atoms with van der Waals surface area (Å²) in [6.07, 6.45) is 1.87. The van der Waals surface area contributed by atoms with Crippen LogP contribution in [-0.4, -0.2) is 69.9 Å². The van der Waals surface area contributed by atoms with Gasteiger partial charge in [0.2, 0.25) is 0 Å². The van der Waals surface area contributed by atoms with Crippen LogP contribution < -0.4 is 10.1 Å². The van der Waals surface area contributed by atoms with Gasteiger partial charge in [0.05, 0.1) is 18.1 Å². The van der Waals surface area contributed by atoms with Crippen LogP contribution in [0.2, 0.25) is 0 Å². The monoisotopic (exact) mass is 489 g/mol. The first kappa shape index (κ1) is 23.8. The van der Waals surface area contributed by atoms with E-state index >= 15 is 0 Å². The predicted molar refractivity (Wildman–Crippen MR) is 135 cm³/mol. The SMILES string of the molecule is COc1ccc(CCN2C(=O)N[C@](C)(C3CCN(C(=O)c4ccc5nc(C)[nH]c5c4)CC3)C2=O)cc1. The fourth-order valence-electron chi connectivity index (χ4n) is 5.34. The second kappa shape index (κ2) is 9.29. The van der Waals surface area contributed by atoms with Crippen LogP contribution in [0.3, 0.4) is 0 Å². The second-order valence-electron chi connectivity index (χ2n) is 9.81. The molecule has 0 bridgehead atoms. The third kappa shape index (κ3) is 4.29. The highest BCUT2D eigenvalue weighted by molar-refractivity contribution is 6.07. The lowest BCUT2D eigenvalue weighted by molar-refractivity contribution is -0.133. The van der Waals surface area contributed by atoms with Crippen LogP contribution in [0.15, 0.2) is 42.5 Å². The highest BCUT2D eigenvalue weighted by atomic mass is 16.5. The van der Waals surface area contributed by atoms with Gasteiger partial charge in [-0.2, -0.15) is 0 Å². The summed E-state index contributed by atoms with van der Waals surface area (Å²) in [5, 5.41) is 2.96. The highest BCUT2D eigenvalue weighted by Crippen LogP contribution is 2.34. The molecule has 0 saturated carbocycles. The van der Waals surface area contributed by atoms with E-state index in [9.17, 15) is 14.4 Å². The average molecular weight is 490 g/mol. The lowest BCUT2D eigenvalue weighted by atomic mass is 9.78. The fraction of sp³-hybridized carbons (Fsp3) is 0.407. The Balaban J connectivity index is 1.20. The summed E-state index contributed by atoms with van der Waals surface area (Å²) < 4.78 is 5.18. The van der Waals surface area contributed by atoms with Crippen molar-refractivity contribution in [2.75, 3.05) is 26.7 Å². The largest absolute Gasteiger partial charge is 0.497 e. The number of carbonyl (C=O) groups excluding carboxylic acids is 3. The van der Waals surface area contributed by atoms with Crippen LogP contribution in [0.25, 0.3) is 11.0 Å². The molecule has 188 valence electrons. The fourth-order valence-corrected chi connectivity index (χ4v) is 5.34. The zero-order valence-corrected chi connectivity index (χ0v) is 20.8. The average Bonchev–Trinajstić information content (AvgIpc) is 3.37. The van der Waals surface area contributed by atoms with E-state index < -0.39 is 5.54 Å². The minimum Gasteiger partial charge on any atom is -0.497 e. The maximum atomic E-state index is 13.4. The molecular weight excluding hydrogens is 458 g/mol. The van der Waals surface area contributed by atoms with Crippen molar-refractivity contribution < 1.29 is 19.1 Å². The third-order valence-electron chi connectivity index (χ3n) is 7.53. The molecule has 1 atom stereocenters. The van der Waals surface area contributed by atoms with Gasteiger partial charge in [0.25, 0.3) is 11.8 Å². The quantitative estimate of drug-likeness (QED) is 0.517. The number of hydrogen-bond donors (Lipinski definition) is 2. The van der Waals surface area contributed by atoms with Crippen molar-refractivity contribution in [2.24, 2.45) is 5.92 Å². The van der Waals surface area contributed by atoms with Crippen LogP contribution in [0.4, 0.5) is 4.79 Å². The van der Waals surface area contributed by atoms with Gasteiger partial charge < -0.3 is 19.9 Å². The molecule has 0 unspecified atom stereocenters. The number of fused-ring (bicyclic) bond motifs is 1. The first-order chi connectivity index (χ1) is 17.3. The molecule has 2 aliphatic rings. The van der Waals surface area contributed by atoms with Crippen LogP contribution in [-0.2, 0) is 11.2 Å². The molecule has 2 aliphatic heterocycles. The van der Waals surface area contributed by atoms with Crippen LogP contribution >= 0.6 is 0 Å². The number of nitrogens with one attached hydrogen (secondary N) is 2. The van der Waals surface area contributed by atoms with Gasteiger partial charge in [-0.25, -0.2) is 9.78 Å². The van der Waals surface area contributed by atoms with Crippen molar-refractivity contribution in [3.05, 3.63) is 59.4 Å². The molecule has 5 rings (SSSR count). The van der Waals surface area contributed by atoms with Gasteiger partial charge in [0.15, 0.2) is 0 Å². The van der Waals surface area contributed by atoms with Gasteiger partial charge in [-0.15, -0.1) is 0 Å². The minimum absolute atomic E-state index is 0.0318. The molecule has 2 fully saturated rings. The predicted octanol–water partition coefficient (Wildman–Crippen LogP) is 3.29. The number of H-pyrrole nitrogens is 1. The summed E-state index contributed by atoms with van der Waals surface area (Å²) in [7, 11) is 1.62. The number of aromatic amines is 1. The van der Waals surface area contributed by atoms with Gasteiger partial charge in [0.1, 0.15) is 17.1 Å². The van der Waals surface area contributed by atoms with Gasteiger partial charge in [-0.3, -0.25) is 14.5 Å². The summed E-state index contributed by atoms with van der Waals surface area (Å²) in [6, 6.07) is 12.8. The molecule has 36 heavy (non-hydrogen) atoms. The standard InChI is InChI=1S/C27H31N5O4/c1-17-28-22-9-6-19(16-23(22)29-17)24(33)31-13-11-20(12-14-31)27(2)25(34)32(26(35)30-27)15-10-18-4-7-21(36-3)8-5-18/h4-9,16,20H,10-15H2,1-3H3,(H,28,29)(H,30,35)/t27-/m1/s1. The number of urea groups is 1. The van der Waals surface area contributed by atoms with Crippen LogP contribution in [0, 0.1) is 12.8 Å². The van der Waals surface area contributed by atoms with Crippen molar-refractivity contribution in [2.45, 2.75) is 38.6 Å². The lowest BCUT2D eigenvalue weighted by Gasteiger charge is -2.39. The summed E-state index contributed by atoms with van der Waals surface area (Å²) in [6.45, 7) is 5.09. The van der Waals surface area contributed by atoms with Crippen molar-refractivity contribution in [3.8, 4) is 5.75 Å². The number of carbonyl (C=O) groups is 3. The number of ether oxygens (including phenoxy) is 1. The van der Waals surface area contributed by atoms with Crippen molar-refractivity contribution in [3.63, 3.8) is 0 Å². The van der Waals surface area contributed by atoms with Crippen molar-refractivity contribution >= 4 is 28.9 Å². The van der Waals surface area contributed by atoms with Crippen molar-refractivity contribution in [1.82, 2.24) is 25.1 Å². The summed E-state index contributed by atoms with van der Waals surface area (Å²) >= 11 is 0. The Morgan fingerprint density at radius 2 is 1.86 bits per heavy atom. The number of aryl methyl sites for hydroxylation is 1. The summed E-state index contributed by atoms with van der Waals surface area (Å²) in [4.78, 5) is 49.9. The molecule has 0 spiro atoms. The number of imidazole rings is 1. The van der Waals surface area contributed by atoms with Gasteiger partial charge in [-0.1, -0.05) is 12.1 Å². The van der Waals surface area contributed by atoms with E-state index in [-0.39, 0.29) is 23.8 Å². The molecule has 9 heteroatoms. The van der Waals surface area contributed by atoms with Crippen LogP contribution in [0.1, 0.15) is 41.5 Å². The number of piperidine rings is 1. The van der Waals surface area contributed by atoms with Crippen LogP contribution in [0.5, 0.6) is 5.75 Å². The molecule has 9 nitrogen and oxygen atoms in total. The van der Waals surface area contributed by atoms with Gasteiger partial charge in [0, 0.05) is 25.2 Å². The van der Waals surface area contributed by atoms with E-state index in [4.69, 9.17) is 4.74 Å². The van der Waals surface area contributed by atoms with Gasteiger partial charge >= 0.3 is 6.03 Å². The maximum Gasteiger partial charge on any atom is 0.325 e. The molecular formula is C27H31N5O4. The topological polar surface area (TPSA) is 108 Å². The number of aromatic nitrogens is 2.